The van der Waals surface area contributed by atoms with Gasteiger partial charge in [0.2, 0.25) is 11.8 Å². The highest BCUT2D eigenvalue weighted by molar-refractivity contribution is 7.15. The van der Waals surface area contributed by atoms with Gasteiger partial charge in [0.15, 0.2) is 0 Å². The van der Waals surface area contributed by atoms with E-state index >= 15 is 0 Å². The molecule has 2 rings (SSSR count). The lowest BCUT2D eigenvalue weighted by molar-refractivity contribution is -0.144. The molecule has 2 unspecified atom stereocenters. The highest BCUT2D eigenvalue weighted by Crippen LogP contribution is 2.20. The zero-order valence-electron chi connectivity index (χ0n) is 21.5. The molecule has 1 aliphatic carbocycles. The minimum Gasteiger partial charge on any atom is -0.464 e. The van der Waals surface area contributed by atoms with Crippen LogP contribution in [0.5, 0.6) is 0 Å². The summed E-state index contributed by atoms with van der Waals surface area (Å²) >= 11 is 5.92. The predicted molar refractivity (Wildman–Crippen MR) is 147 cm³/mol. The summed E-state index contributed by atoms with van der Waals surface area (Å²) in [6.45, 7) is 10.8. The van der Waals surface area contributed by atoms with Crippen LogP contribution < -0.4 is 10.6 Å². The first kappa shape index (κ1) is 34.3. The molecule has 0 aromatic carbocycles. The molecule has 0 bridgehead atoms. The van der Waals surface area contributed by atoms with E-state index in [-0.39, 0.29) is 37.4 Å². The minimum absolute atomic E-state index is 0.125. The Morgan fingerprint density at radius 1 is 1.15 bits per heavy atom. The number of esters is 1. The Morgan fingerprint density at radius 2 is 1.82 bits per heavy atom. The smallest absolute Gasteiger partial charge is 0.306 e. The van der Waals surface area contributed by atoms with Crippen molar-refractivity contribution in [3.63, 3.8) is 0 Å². The van der Waals surface area contributed by atoms with Crippen molar-refractivity contribution in [2.75, 3.05) is 26.4 Å². The Hall–Kier alpha value is -1.91. The van der Waals surface area contributed by atoms with Gasteiger partial charge in [0.1, 0.15) is 6.61 Å². The molecular weight excluding hydrogens is 471 g/mol. The van der Waals surface area contributed by atoms with Crippen LogP contribution in [0.1, 0.15) is 66.2 Å². The van der Waals surface area contributed by atoms with Crippen LogP contribution in [0, 0.1) is 5.92 Å². The average molecular weight is 515 g/mol. The van der Waals surface area contributed by atoms with Crippen LogP contribution in [-0.2, 0) is 19.1 Å². The number of nitrogens with one attached hydrogen (secondary N) is 2. The van der Waals surface area contributed by atoms with Gasteiger partial charge in [0.05, 0.1) is 12.5 Å². The monoisotopic (exact) mass is 514 g/mol. The second-order valence-electron chi connectivity index (χ2n) is 7.04. The highest BCUT2D eigenvalue weighted by Gasteiger charge is 2.21. The molecule has 0 saturated carbocycles. The van der Waals surface area contributed by atoms with E-state index in [2.05, 4.69) is 19.9 Å². The van der Waals surface area contributed by atoms with Gasteiger partial charge in [-0.2, -0.15) is 0 Å². The maximum atomic E-state index is 12.3. The summed E-state index contributed by atoms with van der Waals surface area (Å²) < 4.78 is 5.01. The first-order valence-corrected chi connectivity index (χ1v) is 13.5. The number of carbonyl (C=O) groups excluding carboxylic acids is 3. The van der Waals surface area contributed by atoms with Gasteiger partial charge in [-0.05, 0) is 45.6 Å². The van der Waals surface area contributed by atoms with Crippen molar-refractivity contribution in [2.24, 2.45) is 5.92 Å². The van der Waals surface area contributed by atoms with E-state index in [1.807, 2.05) is 70.8 Å². The van der Waals surface area contributed by atoms with Crippen LogP contribution in [0.3, 0.4) is 0 Å². The van der Waals surface area contributed by atoms with Crippen LogP contribution in [0.4, 0.5) is 0 Å². The third kappa shape index (κ3) is 18.5. The Morgan fingerprint density at radius 3 is 2.41 bits per heavy atom. The van der Waals surface area contributed by atoms with Gasteiger partial charge < -0.3 is 15.4 Å². The van der Waals surface area contributed by atoms with Crippen molar-refractivity contribution in [1.82, 2.24) is 10.6 Å². The normalized spacial score (nSPS) is 19.3. The zero-order valence-corrected chi connectivity index (χ0v) is 23.4. The van der Waals surface area contributed by atoms with Crippen LogP contribution in [0.2, 0.25) is 0 Å². The first-order valence-electron chi connectivity index (χ1n) is 12.0. The van der Waals surface area contributed by atoms with Gasteiger partial charge in [-0.15, -0.1) is 9.24 Å². The number of ether oxygens (including phenoxy) is 1. The third-order valence-corrected chi connectivity index (χ3v) is 4.92. The highest BCUT2D eigenvalue weighted by atomic mass is 35.5. The number of amides is 2. The zero-order chi connectivity index (χ0) is 26.2. The molecule has 1 aliphatic heterocycles. The SMILES string of the molecule is C/C=C\C.CC.CP.O=C(CC1C/C=C/CCC(=O)OCCNC1=O)NCC1=CC=C(Cl)CC1. The predicted octanol–water partition coefficient (Wildman–Crippen LogP) is 5.45. The Kier molecular flexibility index (Phi) is 24.4. The summed E-state index contributed by atoms with van der Waals surface area (Å²) in [5, 5.41) is 6.42. The quantitative estimate of drug-likeness (QED) is 0.297. The molecule has 2 atom stereocenters. The van der Waals surface area contributed by atoms with Crippen LogP contribution in [-0.4, -0.2) is 44.1 Å². The second-order valence-corrected chi connectivity index (χ2v) is 7.53. The lowest BCUT2D eigenvalue weighted by Crippen LogP contribution is -2.37. The fourth-order valence-corrected chi connectivity index (χ4v) is 2.89. The van der Waals surface area contributed by atoms with Crippen LogP contribution >= 0.6 is 20.8 Å². The molecule has 6 nitrogen and oxygen atoms in total. The molecule has 0 aromatic rings. The number of hydrogen-bond acceptors (Lipinski definition) is 4. The first-order chi connectivity index (χ1) is 16.5. The lowest BCUT2D eigenvalue weighted by atomic mass is 9.98. The molecule has 2 N–H and O–H groups in total. The van der Waals surface area contributed by atoms with Gasteiger partial charge in [-0.25, -0.2) is 0 Å². The summed E-state index contributed by atoms with van der Waals surface area (Å²) in [6.07, 6.45) is 14.6. The van der Waals surface area contributed by atoms with E-state index < -0.39 is 5.92 Å². The van der Waals surface area contributed by atoms with Crippen molar-refractivity contribution in [2.45, 2.75) is 66.2 Å². The van der Waals surface area contributed by atoms with E-state index in [1.54, 1.807) is 0 Å². The molecule has 0 saturated heterocycles. The molecule has 0 fully saturated rings. The maximum Gasteiger partial charge on any atom is 0.306 e. The van der Waals surface area contributed by atoms with Crippen molar-refractivity contribution >= 4 is 38.6 Å². The molecule has 2 aliphatic rings. The standard InChI is InChI=1S/C19H25ClN2O4.C4H8.C2H6.CH5P/c20-16-8-6-14(7-9-16)13-22-17(23)12-15-4-2-1-3-5-18(24)26-11-10-21-19(15)25;1-3-4-2;2*1-2/h1-2,6,8,15H,3-5,7,9-13H2,(H,21,25)(H,22,23);3-4H,1-2H3;1-2H3;2H2,1H3/b2-1+;4-3-;;. The van der Waals surface area contributed by atoms with E-state index in [0.29, 0.717) is 25.8 Å². The molecule has 0 aromatic heterocycles. The third-order valence-electron chi connectivity index (χ3n) is 4.60. The van der Waals surface area contributed by atoms with Gasteiger partial charge in [0.25, 0.3) is 0 Å². The minimum atomic E-state index is -0.434. The van der Waals surface area contributed by atoms with Crippen LogP contribution in [0.15, 0.2) is 47.1 Å². The number of rotatable bonds is 4. The molecule has 0 radical (unpaired) electrons. The number of hydrogen-bond donors (Lipinski definition) is 2. The summed E-state index contributed by atoms with van der Waals surface area (Å²) in [6, 6.07) is 0. The fraction of sp³-hybridized carbons (Fsp3) is 0.577. The number of carbonyl (C=O) groups is 3. The van der Waals surface area contributed by atoms with Crippen molar-refractivity contribution in [3.05, 3.63) is 47.1 Å². The Bertz CT molecular complexity index is 699. The molecule has 1 heterocycles. The van der Waals surface area contributed by atoms with Gasteiger partial charge in [-0.1, -0.05) is 68.1 Å². The average Bonchev–Trinajstić information content (AvgIpc) is 2.87. The molecule has 194 valence electrons. The summed E-state index contributed by atoms with van der Waals surface area (Å²) in [4.78, 5) is 35.9. The maximum absolute atomic E-state index is 12.3. The molecule has 0 spiro atoms. The molecule has 8 heteroatoms. The van der Waals surface area contributed by atoms with E-state index in [4.69, 9.17) is 16.3 Å². The topological polar surface area (TPSA) is 84.5 Å². The number of halogens is 1. The van der Waals surface area contributed by atoms with Crippen molar-refractivity contribution < 1.29 is 19.1 Å². The van der Waals surface area contributed by atoms with Crippen LogP contribution in [0.25, 0.3) is 0 Å². The van der Waals surface area contributed by atoms with E-state index in [0.717, 1.165) is 23.4 Å². The Balaban J connectivity index is 0. The van der Waals surface area contributed by atoms with E-state index in [9.17, 15) is 14.4 Å². The molecule has 2 amide bonds. The summed E-state index contributed by atoms with van der Waals surface area (Å²) in [7, 11) is 2.42. The van der Waals surface area contributed by atoms with Gasteiger partial charge in [0, 0.05) is 24.4 Å². The molecule has 34 heavy (non-hydrogen) atoms. The summed E-state index contributed by atoms with van der Waals surface area (Å²) in [5.74, 6) is -1.06. The largest absolute Gasteiger partial charge is 0.464 e. The van der Waals surface area contributed by atoms with Gasteiger partial charge in [-0.3, -0.25) is 14.4 Å². The lowest BCUT2D eigenvalue weighted by Gasteiger charge is -2.17. The summed E-state index contributed by atoms with van der Waals surface area (Å²) in [5.41, 5.74) is 1.12. The van der Waals surface area contributed by atoms with Crippen molar-refractivity contribution in [3.8, 4) is 0 Å². The molecular formula is C26H44ClN2O4P. The Labute approximate surface area is 213 Å². The van der Waals surface area contributed by atoms with E-state index in [1.165, 1.54) is 0 Å². The fourth-order valence-electron chi connectivity index (χ4n) is 2.73. The van der Waals surface area contributed by atoms with Gasteiger partial charge >= 0.3 is 5.97 Å². The number of allylic oxidation sites excluding steroid dienone is 7. The second kappa shape index (κ2) is 24.2. The number of cyclic esters (lactones) is 1. The van der Waals surface area contributed by atoms with Crippen molar-refractivity contribution in [1.29, 1.82) is 0 Å².